The second-order valence-electron chi connectivity index (χ2n) is 16.3. The van der Waals surface area contributed by atoms with E-state index in [1.54, 1.807) is 42.5 Å². The minimum Gasteiger partial charge on any atom is -0.462 e. The maximum Gasteiger partial charge on any atom is 0.472 e. The van der Waals surface area contributed by atoms with Gasteiger partial charge in [0.1, 0.15) is 43.2 Å². The number of phosphoric acid groups is 1. The van der Waals surface area contributed by atoms with E-state index in [1.807, 2.05) is 37.3 Å². The highest BCUT2D eigenvalue weighted by Crippen LogP contribution is 2.47. The highest BCUT2D eigenvalue weighted by Gasteiger charge is 2.51. The van der Waals surface area contributed by atoms with Gasteiger partial charge in [-0.3, -0.25) is 18.6 Å². The minimum absolute atomic E-state index is 0.0196. The molecule has 1 rings (SSSR count). The lowest BCUT2D eigenvalue weighted by Crippen LogP contribution is -2.64. The van der Waals surface area contributed by atoms with Crippen LogP contribution in [-0.4, -0.2) is 121 Å². The van der Waals surface area contributed by atoms with E-state index < -0.39 is 87.9 Å². The van der Waals surface area contributed by atoms with Gasteiger partial charge in [0.25, 0.3) is 0 Å². The Morgan fingerprint density at radius 3 is 1.66 bits per heavy atom. The number of unbranched alkanes of at least 4 members (excludes halogenated alkanes) is 11. The molecule has 0 spiro atoms. The third-order valence-electron chi connectivity index (χ3n) is 10.4. The molecule has 0 bridgehead atoms. The Morgan fingerprint density at radius 2 is 1.08 bits per heavy atom. The van der Waals surface area contributed by atoms with Gasteiger partial charge in [-0.25, -0.2) is 4.57 Å². The molecule has 10 atom stereocenters. The van der Waals surface area contributed by atoms with Crippen molar-refractivity contribution >= 4 is 19.8 Å². The maximum absolute atomic E-state index is 12.8. The predicted octanol–water partition coefficient (Wildman–Crippen LogP) is 7.22. The van der Waals surface area contributed by atoms with Crippen LogP contribution in [0.15, 0.2) is 85.1 Å². The highest BCUT2D eigenvalue weighted by molar-refractivity contribution is 7.47. The van der Waals surface area contributed by atoms with Crippen molar-refractivity contribution in [2.24, 2.45) is 0 Å². The molecule has 15 nitrogen and oxygen atoms in total. The molecule has 1 saturated carbocycles. The fourth-order valence-electron chi connectivity index (χ4n) is 6.54. The van der Waals surface area contributed by atoms with Crippen LogP contribution < -0.4 is 0 Å². The van der Waals surface area contributed by atoms with Crippen LogP contribution in [-0.2, 0) is 32.7 Å². The summed E-state index contributed by atoms with van der Waals surface area (Å²) in [4.78, 5) is 35.7. The van der Waals surface area contributed by atoms with E-state index in [-0.39, 0.29) is 12.8 Å². The van der Waals surface area contributed by atoms with Gasteiger partial charge in [-0.2, -0.15) is 0 Å². The molecule has 1 fully saturated rings. The summed E-state index contributed by atoms with van der Waals surface area (Å²) in [6, 6.07) is 0. The number of esters is 2. The summed E-state index contributed by atoms with van der Waals surface area (Å²) in [5.41, 5.74) is 0. The second-order valence-corrected chi connectivity index (χ2v) is 17.7. The van der Waals surface area contributed by atoms with Crippen LogP contribution in [0.2, 0.25) is 0 Å². The first-order valence-electron chi connectivity index (χ1n) is 23.6. The number of hydrogen-bond donors (Lipinski definition) is 8. The van der Waals surface area contributed by atoms with Crippen LogP contribution in [0.3, 0.4) is 0 Å². The number of aliphatic hydroxyl groups is 7. The molecular formula is C49H81O15P. The summed E-state index contributed by atoms with van der Waals surface area (Å²) in [7, 11) is -5.17. The number of aliphatic hydroxyl groups excluding tert-OH is 7. The van der Waals surface area contributed by atoms with E-state index in [0.717, 1.165) is 57.8 Å². The number of allylic oxidation sites excluding steroid dienone is 10. The van der Waals surface area contributed by atoms with Crippen LogP contribution in [0.4, 0.5) is 0 Å². The average Bonchev–Trinajstić information content (AvgIpc) is 3.28. The number of ether oxygens (including phenoxy) is 2. The number of rotatable bonds is 37. The zero-order valence-electron chi connectivity index (χ0n) is 38.7. The molecule has 0 heterocycles. The third kappa shape index (κ3) is 30.8. The monoisotopic (exact) mass is 941 g/mol. The standard InChI is InChI=1S/C49H81O15P/c1-3-5-7-8-9-10-11-12-13-14-15-16-17-22-30-36-43(53)63-41(38-62-65(59,60)64-49-47(57)45(55)44(54)46(56)48(49)58)37-61-42(52)35-29-21-19-18-20-26-32-40(51)34-28-24-23-27-33-39(50)31-25-6-4-2/h6,10-11,19-21,23-28,33-34,39-41,44-51,54-58H,3-5,7-9,12-18,22,29-32,35-38H2,1-2H3,(H,59,60)/b11-10-,21-19-,24-23-,25-6-,26-20-,33-27+,34-28+/t39-,40+,41-,44?,45-,46+,47-,48-,49?/m1/s1. The Balaban J connectivity index is 2.56. The van der Waals surface area contributed by atoms with Crippen LogP contribution >= 0.6 is 7.82 Å². The summed E-state index contributed by atoms with van der Waals surface area (Å²) in [5, 5.41) is 70.1. The molecule has 0 amide bonds. The predicted molar refractivity (Wildman–Crippen MR) is 251 cm³/mol. The van der Waals surface area contributed by atoms with E-state index in [9.17, 15) is 54.8 Å². The molecule has 8 N–H and O–H groups in total. The quantitative estimate of drug-likeness (QED) is 0.0101. The van der Waals surface area contributed by atoms with E-state index in [0.29, 0.717) is 32.1 Å². The number of phosphoric ester groups is 1. The van der Waals surface area contributed by atoms with Gasteiger partial charge in [0.15, 0.2) is 6.10 Å². The Kier molecular flexibility index (Phi) is 35.0. The number of carbonyl (C=O) groups is 2. The fraction of sp³-hybridized carbons (Fsp3) is 0.673. The lowest BCUT2D eigenvalue weighted by molar-refractivity contribution is -0.220. The van der Waals surface area contributed by atoms with Gasteiger partial charge < -0.3 is 50.1 Å². The van der Waals surface area contributed by atoms with Crippen LogP contribution in [0, 0.1) is 0 Å². The van der Waals surface area contributed by atoms with Gasteiger partial charge in [0, 0.05) is 12.8 Å². The summed E-state index contributed by atoms with van der Waals surface area (Å²) in [6.07, 6.45) is 28.4. The molecule has 1 aliphatic rings. The Hall–Kier alpha value is -3.05. The fourth-order valence-corrected chi connectivity index (χ4v) is 7.51. The Labute approximate surface area is 387 Å². The van der Waals surface area contributed by atoms with Gasteiger partial charge in [0.05, 0.1) is 18.8 Å². The second kappa shape index (κ2) is 38.0. The summed E-state index contributed by atoms with van der Waals surface area (Å²) in [6.45, 7) is 2.93. The molecule has 16 heteroatoms. The Bertz CT molecular complexity index is 1490. The molecule has 0 aromatic rings. The highest BCUT2D eigenvalue weighted by atomic mass is 31.2. The van der Waals surface area contributed by atoms with Crippen molar-refractivity contribution in [3.63, 3.8) is 0 Å². The smallest absolute Gasteiger partial charge is 0.462 e. The lowest BCUT2D eigenvalue weighted by atomic mass is 9.85. The molecule has 0 aliphatic heterocycles. The first-order valence-corrected chi connectivity index (χ1v) is 25.1. The van der Waals surface area contributed by atoms with Crippen LogP contribution in [0.5, 0.6) is 0 Å². The third-order valence-corrected chi connectivity index (χ3v) is 11.4. The molecule has 3 unspecified atom stereocenters. The SMILES string of the molecule is CC/C=C\C[C@@H](O)/C=C/C=C\C=C\[C@@H](O)C/C=C\C/C=C\CCC(=O)OC[C@H](COP(=O)(O)OC1[C@H](O)[C@H](O)C(O)[C@H](O)[C@H]1O)OC(=O)CCCCCCCCC/C=C\CCCCCC. The van der Waals surface area contributed by atoms with E-state index in [4.69, 9.17) is 18.5 Å². The molecule has 0 saturated heterocycles. The number of carbonyl (C=O) groups excluding carboxylic acids is 2. The van der Waals surface area contributed by atoms with Crippen molar-refractivity contribution in [2.75, 3.05) is 13.2 Å². The summed E-state index contributed by atoms with van der Waals surface area (Å²) < 4.78 is 33.4. The van der Waals surface area contributed by atoms with Crippen LogP contribution in [0.25, 0.3) is 0 Å². The van der Waals surface area contributed by atoms with E-state index >= 15 is 0 Å². The van der Waals surface area contributed by atoms with Crippen LogP contribution in [0.1, 0.15) is 142 Å². The largest absolute Gasteiger partial charge is 0.472 e. The van der Waals surface area contributed by atoms with Gasteiger partial charge in [0.2, 0.25) is 0 Å². The lowest BCUT2D eigenvalue weighted by Gasteiger charge is -2.41. The molecule has 372 valence electrons. The zero-order valence-corrected chi connectivity index (χ0v) is 39.6. The van der Waals surface area contributed by atoms with Crippen molar-refractivity contribution in [2.45, 2.75) is 197 Å². The molecule has 0 aromatic carbocycles. The van der Waals surface area contributed by atoms with Crippen molar-refractivity contribution in [1.82, 2.24) is 0 Å². The van der Waals surface area contributed by atoms with Crippen molar-refractivity contribution in [1.29, 1.82) is 0 Å². The molecule has 1 aliphatic carbocycles. The summed E-state index contributed by atoms with van der Waals surface area (Å²) in [5.74, 6) is -1.28. The Morgan fingerprint density at radius 1 is 0.569 bits per heavy atom. The van der Waals surface area contributed by atoms with Crippen molar-refractivity contribution < 1.29 is 73.3 Å². The van der Waals surface area contributed by atoms with Gasteiger partial charge >= 0.3 is 19.8 Å². The number of hydrogen-bond acceptors (Lipinski definition) is 14. The van der Waals surface area contributed by atoms with Gasteiger partial charge in [-0.15, -0.1) is 0 Å². The van der Waals surface area contributed by atoms with Crippen molar-refractivity contribution in [3.8, 4) is 0 Å². The first-order chi connectivity index (χ1) is 31.2. The molecule has 65 heavy (non-hydrogen) atoms. The summed E-state index contributed by atoms with van der Waals surface area (Å²) >= 11 is 0. The molecular weight excluding hydrogens is 859 g/mol. The minimum atomic E-state index is -5.17. The van der Waals surface area contributed by atoms with Gasteiger partial charge in [-0.1, -0.05) is 150 Å². The van der Waals surface area contributed by atoms with E-state index in [1.165, 1.54) is 25.7 Å². The topological polar surface area (TPSA) is 250 Å². The first kappa shape index (κ1) is 60.0. The molecule has 0 radical (unpaired) electrons. The zero-order chi connectivity index (χ0) is 48.1. The maximum atomic E-state index is 12.8. The van der Waals surface area contributed by atoms with E-state index in [2.05, 4.69) is 19.1 Å². The molecule has 0 aromatic heterocycles. The van der Waals surface area contributed by atoms with Crippen molar-refractivity contribution in [3.05, 3.63) is 85.1 Å². The normalized spacial score (nSPS) is 23.2. The average molecular weight is 941 g/mol. The van der Waals surface area contributed by atoms with Gasteiger partial charge in [-0.05, 0) is 64.2 Å².